The van der Waals surface area contributed by atoms with Crippen molar-refractivity contribution >= 4 is 5.91 Å². The quantitative estimate of drug-likeness (QED) is 0.328. The van der Waals surface area contributed by atoms with Gasteiger partial charge >= 0.3 is 0 Å². The van der Waals surface area contributed by atoms with E-state index < -0.39 is 65.3 Å². The van der Waals surface area contributed by atoms with E-state index in [1.807, 2.05) is 5.32 Å². The summed E-state index contributed by atoms with van der Waals surface area (Å²) in [7, 11) is 0. The van der Waals surface area contributed by atoms with Crippen LogP contribution < -0.4 is 5.32 Å². The van der Waals surface area contributed by atoms with Crippen LogP contribution in [0.5, 0.6) is 0 Å². The molecule has 1 atom stereocenters. The first-order chi connectivity index (χ1) is 16.7. The number of nitrogens with zero attached hydrogens (tertiary/aromatic N) is 4. The van der Waals surface area contributed by atoms with Crippen LogP contribution in [0.4, 0.5) is 22.0 Å². The second-order valence-electron chi connectivity index (χ2n) is 7.46. The van der Waals surface area contributed by atoms with E-state index in [2.05, 4.69) is 20.4 Å². The van der Waals surface area contributed by atoms with Gasteiger partial charge in [0.05, 0.1) is 30.1 Å². The Hall–Kier alpha value is -4.13. The van der Waals surface area contributed by atoms with Crippen LogP contribution in [0.3, 0.4) is 0 Å². The molecule has 2 aromatic carbocycles. The van der Waals surface area contributed by atoms with Crippen molar-refractivity contribution in [1.82, 2.24) is 30.5 Å². The van der Waals surface area contributed by atoms with Crippen LogP contribution in [-0.2, 0) is 6.54 Å². The summed E-state index contributed by atoms with van der Waals surface area (Å²) in [6, 6.07) is 5.93. The third kappa shape index (κ3) is 4.89. The zero-order valence-corrected chi connectivity index (χ0v) is 17.7. The molecule has 2 aromatic heterocycles. The van der Waals surface area contributed by atoms with Gasteiger partial charge in [0.25, 0.3) is 11.8 Å². The molecule has 0 saturated carbocycles. The Kier molecular flexibility index (Phi) is 6.60. The molecule has 0 radical (unpaired) electrons. The van der Waals surface area contributed by atoms with Gasteiger partial charge in [-0.05, 0) is 36.4 Å². The van der Waals surface area contributed by atoms with Gasteiger partial charge in [0.1, 0.15) is 35.7 Å². The number of nitrogens with one attached hydrogen (secondary N) is 2. The lowest BCUT2D eigenvalue weighted by atomic mass is 10.0. The van der Waals surface area contributed by atoms with Gasteiger partial charge in [-0.1, -0.05) is 6.07 Å². The van der Waals surface area contributed by atoms with E-state index in [9.17, 15) is 22.4 Å². The van der Waals surface area contributed by atoms with E-state index >= 15 is 4.39 Å². The fraction of sp³-hybridized carbons (Fsp3) is 0.182. The number of aliphatic hydroxyl groups excluding tert-OH is 1. The highest BCUT2D eigenvalue weighted by Gasteiger charge is 2.41. The lowest BCUT2D eigenvalue weighted by Crippen LogP contribution is -2.52. The zero-order valence-electron chi connectivity index (χ0n) is 17.7. The third-order valence-electron chi connectivity index (χ3n) is 5.17. The summed E-state index contributed by atoms with van der Waals surface area (Å²) >= 11 is 0. The largest absolute Gasteiger partial charge is 0.390 e. The lowest BCUT2D eigenvalue weighted by Gasteiger charge is -2.26. The maximum absolute atomic E-state index is 15.2. The average Bonchev–Trinajstić information content (AvgIpc) is 3.49. The standard InChI is InChI=1S/C22H17F5N6O2/c23-13-6-4-12(5-7-13)19-18(25)20(32-31-19)17-14(2-1-3-15(17)24)21(35)30-16(22(26,27)11-34)10-33-28-8-9-29-33/h1-9,16,34H,10-11H2,(H,30,35)(H,31,32)/t16-/m1/s1. The fourth-order valence-corrected chi connectivity index (χ4v) is 3.39. The Morgan fingerprint density at radius 3 is 2.43 bits per heavy atom. The number of aliphatic hydroxyl groups is 1. The van der Waals surface area contributed by atoms with Crippen molar-refractivity contribution in [3.05, 3.63) is 77.9 Å². The van der Waals surface area contributed by atoms with Crippen LogP contribution in [0.25, 0.3) is 22.5 Å². The summed E-state index contributed by atoms with van der Waals surface area (Å²) in [5.41, 5.74) is -1.60. The number of hydrogen-bond donors (Lipinski definition) is 3. The van der Waals surface area contributed by atoms with Crippen molar-refractivity contribution in [2.75, 3.05) is 6.61 Å². The first-order valence-electron chi connectivity index (χ1n) is 10.1. The molecule has 0 spiro atoms. The molecule has 0 bridgehead atoms. The number of carbonyl (C=O) groups is 1. The first kappa shape index (κ1) is 24.0. The molecule has 8 nitrogen and oxygen atoms in total. The number of benzene rings is 2. The Morgan fingerprint density at radius 2 is 1.77 bits per heavy atom. The van der Waals surface area contributed by atoms with Gasteiger partial charge in [-0.3, -0.25) is 9.89 Å². The minimum Gasteiger partial charge on any atom is -0.390 e. The average molecular weight is 492 g/mol. The number of carbonyl (C=O) groups excluding carboxylic acids is 1. The molecule has 13 heteroatoms. The third-order valence-corrected chi connectivity index (χ3v) is 5.17. The first-order valence-corrected chi connectivity index (χ1v) is 10.1. The van der Waals surface area contributed by atoms with Gasteiger partial charge in [-0.15, -0.1) is 0 Å². The Labute approximate surface area is 194 Å². The number of amides is 1. The monoisotopic (exact) mass is 492 g/mol. The maximum atomic E-state index is 15.2. The fourth-order valence-electron chi connectivity index (χ4n) is 3.39. The number of hydrogen-bond acceptors (Lipinski definition) is 5. The van der Waals surface area contributed by atoms with Gasteiger partial charge in [0, 0.05) is 5.56 Å². The highest BCUT2D eigenvalue weighted by Crippen LogP contribution is 2.33. The number of halogens is 5. The highest BCUT2D eigenvalue weighted by molar-refractivity contribution is 6.01. The van der Waals surface area contributed by atoms with Crippen LogP contribution in [0.15, 0.2) is 54.9 Å². The van der Waals surface area contributed by atoms with Crippen LogP contribution in [0, 0.1) is 17.5 Å². The number of H-pyrrole nitrogens is 1. The van der Waals surface area contributed by atoms with E-state index in [-0.39, 0.29) is 11.3 Å². The minimum atomic E-state index is -3.79. The van der Waals surface area contributed by atoms with Gasteiger partial charge in [-0.25, -0.2) is 22.0 Å². The molecule has 0 aliphatic heterocycles. The molecular weight excluding hydrogens is 475 g/mol. The molecule has 182 valence electrons. The molecule has 0 aliphatic rings. The Morgan fingerprint density at radius 1 is 1.09 bits per heavy atom. The van der Waals surface area contributed by atoms with Crippen molar-refractivity contribution in [3.63, 3.8) is 0 Å². The number of alkyl halides is 2. The second kappa shape index (κ2) is 9.62. The molecular formula is C22H17F5N6O2. The van der Waals surface area contributed by atoms with E-state index in [1.54, 1.807) is 0 Å². The van der Waals surface area contributed by atoms with Crippen molar-refractivity contribution in [2.45, 2.75) is 18.5 Å². The van der Waals surface area contributed by atoms with E-state index in [0.29, 0.717) is 0 Å². The minimum absolute atomic E-state index is 0.183. The Balaban J connectivity index is 1.70. The molecule has 1 amide bonds. The summed E-state index contributed by atoms with van der Waals surface area (Å²) in [6.07, 6.45) is 2.47. The van der Waals surface area contributed by atoms with Crippen LogP contribution in [-0.4, -0.2) is 54.8 Å². The summed E-state index contributed by atoms with van der Waals surface area (Å²) in [4.78, 5) is 13.9. The predicted molar refractivity (Wildman–Crippen MR) is 113 cm³/mol. The van der Waals surface area contributed by atoms with Crippen molar-refractivity contribution in [1.29, 1.82) is 0 Å². The van der Waals surface area contributed by atoms with E-state index in [1.165, 1.54) is 24.5 Å². The van der Waals surface area contributed by atoms with E-state index in [4.69, 9.17) is 5.11 Å². The molecule has 2 heterocycles. The topological polar surface area (TPSA) is 109 Å². The van der Waals surface area contributed by atoms with Gasteiger partial charge < -0.3 is 10.4 Å². The summed E-state index contributed by atoms with van der Waals surface area (Å²) in [5.74, 6) is -7.57. The molecule has 4 rings (SSSR count). The zero-order chi connectivity index (χ0) is 25.2. The normalized spacial score (nSPS) is 12.5. The van der Waals surface area contributed by atoms with Crippen LogP contribution in [0.2, 0.25) is 0 Å². The number of aromatic amines is 1. The molecule has 0 fully saturated rings. The molecule has 0 aliphatic carbocycles. The number of aromatic nitrogens is 5. The smallest absolute Gasteiger partial charge is 0.292 e. The van der Waals surface area contributed by atoms with Crippen molar-refractivity contribution in [3.8, 4) is 22.5 Å². The van der Waals surface area contributed by atoms with Gasteiger partial charge in [0.15, 0.2) is 5.82 Å². The predicted octanol–water partition coefficient (Wildman–Crippen LogP) is 3.18. The lowest BCUT2D eigenvalue weighted by molar-refractivity contribution is -0.0822. The molecule has 0 unspecified atom stereocenters. The molecule has 35 heavy (non-hydrogen) atoms. The van der Waals surface area contributed by atoms with Crippen molar-refractivity contribution < 1.29 is 31.9 Å². The van der Waals surface area contributed by atoms with Crippen molar-refractivity contribution in [2.24, 2.45) is 0 Å². The molecule has 3 N–H and O–H groups in total. The van der Waals surface area contributed by atoms with Crippen LogP contribution in [0.1, 0.15) is 10.4 Å². The SMILES string of the molecule is O=C(N[C@H](Cn1nccn1)C(F)(F)CO)c1cccc(F)c1-c1[nH]nc(-c2ccc(F)cc2)c1F. The second-order valence-corrected chi connectivity index (χ2v) is 7.46. The molecule has 0 saturated heterocycles. The summed E-state index contributed by atoms with van der Waals surface area (Å²) in [6.45, 7) is -2.20. The Bertz CT molecular complexity index is 1320. The highest BCUT2D eigenvalue weighted by atomic mass is 19.3. The molecule has 4 aromatic rings. The van der Waals surface area contributed by atoms with Gasteiger partial charge in [-0.2, -0.15) is 20.1 Å². The van der Waals surface area contributed by atoms with E-state index in [0.717, 1.165) is 35.1 Å². The number of rotatable bonds is 8. The van der Waals surface area contributed by atoms with Crippen LogP contribution >= 0.6 is 0 Å². The summed E-state index contributed by atoms with van der Waals surface area (Å²) in [5, 5.41) is 24.7. The summed E-state index contributed by atoms with van der Waals surface area (Å²) < 4.78 is 72.0. The van der Waals surface area contributed by atoms with Gasteiger partial charge in [0.2, 0.25) is 0 Å². The maximum Gasteiger partial charge on any atom is 0.292 e.